The molecule has 11 aromatic rings. The molecule has 280 valence electrons. The van der Waals surface area contributed by atoms with E-state index in [2.05, 4.69) is 157 Å². The van der Waals surface area contributed by atoms with Crippen LogP contribution >= 0.6 is 0 Å². The lowest BCUT2D eigenvalue weighted by Crippen LogP contribution is -2.37. The van der Waals surface area contributed by atoms with Crippen molar-refractivity contribution in [3.05, 3.63) is 163 Å². The third-order valence-electron chi connectivity index (χ3n) is 12.1. The van der Waals surface area contributed by atoms with Crippen LogP contribution in [-0.2, 0) is 0 Å². The van der Waals surface area contributed by atoms with Crippen LogP contribution in [0.1, 0.15) is 5.56 Å². The van der Waals surface area contributed by atoms with Gasteiger partial charge in [0.1, 0.15) is 16.7 Å². The number of hydrogen-bond donors (Lipinski definition) is 1. The number of aromatic nitrogens is 2. The number of anilines is 3. The fraction of sp³-hybridized carbons (Fsp3) is 0.0577. The van der Waals surface area contributed by atoms with Crippen molar-refractivity contribution in [1.29, 1.82) is 0 Å². The van der Waals surface area contributed by atoms with Crippen molar-refractivity contribution in [2.45, 2.75) is 6.92 Å². The summed E-state index contributed by atoms with van der Waals surface area (Å²) >= 11 is 0. The Balaban J connectivity index is 1.14. The van der Waals surface area contributed by atoms with E-state index in [1.54, 1.807) is 0 Å². The molecule has 4 heterocycles. The zero-order valence-electron chi connectivity index (χ0n) is 32.9. The summed E-state index contributed by atoms with van der Waals surface area (Å²) in [6, 6.07) is 56.0. The minimum Gasteiger partial charge on any atom is -0.456 e. The number of furan rings is 1. The summed E-state index contributed by atoms with van der Waals surface area (Å²) in [5.41, 5.74) is 19.4. The van der Waals surface area contributed by atoms with Gasteiger partial charge in [-0.1, -0.05) is 84.3 Å². The molecule has 0 radical (unpaired) electrons. The molecule has 0 bridgehead atoms. The van der Waals surface area contributed by atoms with Crippen molar-refractivity contribution < 1.29 is 8.83 Å². The minimum absolute atomic E-state index is 0.627. The van der Waals surface area contributed by atoms with Gasteiger partial charge in [-0.05, 0) is 107 Å². The van der Waals surface area contributed by atoms with Crippen LogP contribution < -0.4 is 21.1 Å². The van der Waals surface area contributed by atoms with E-state index in [1.165, 1.54) is 55.0 Å². The van der Waals surface area contributed by atoms with Crippen LogP contribution in [0.2, 0.25) is 0 Å². The molecule has 3 aromatic heterocycles. The SMILES string of the molecule is Cc1cc(-c2cc3c(cc2Nc2ccc(N(C)C)cc2)oc2ccccc23)c2c3c1c1cc(-c4ccccc4)ccc1n3-c1cc3nc(-c4ccccc4)oc3cc1B2. The number of benzene rings is 8. The summed E-state index contributed by atoms with van der Waals surface area (Å²) in [7, 11) is 4.85. The van der Waals surface area contributed by atoms with Gasteiger partial charge in [-0.2, -0.15) is 0 Å². The topological polar surface area (TPSA) is 59.4 Å². The second kappa shape index (κ2) is 12.8. The van der Waals surface area contributed by atoms with E-state index in [1.807, 2.05) is 36.4 Å². The second-order valence-electron chi connectivity index (χ2n) is 15.9. The number of oxazole rings is 1. The maximum Gasteiger partial charge on any atom is 0.227 e. The van der Waals surface area contributed by atoms with E-state index >= 15 is 0 Å². The van der Waals surface area contributed by atoms with Crippen molar-refractivity contribution in [3.8, 4) is 39.4 Å². The average Bonchev–Trinajstić information content (AvgIpc) is 3.96. The van der Waals surface area contributed by atoms with Crippen LogP contribution in [0.15, 0.2) is 167 Å². The fourth-order valence-corrected chi connectivity index (χ4v) is 9.30. The maximum atomic E-state index is 6.49. The van der Waals surface area contributed by atoms with Gasteiger partial charge in [0.2, 0.25) is 5.89 Å². The third-order valence-corrected chi connectivity index (χ3v) is 12.1. The van der Waals surface area contributed by atoms with Gasteiger partial charge in [-0.25, -0.2) is 4.98 Å². The lowest BCUT2D eigenvalue weighted by atomic mass is 9.58. The lowest BCUT2D eigenvalue weighted by molar-refractivity contribution is 0.620. The first-order valence-corrected chi connectivity index (χ1v) is 20.1. The number of fused-ring (bicyclic) bond motifs is 9. The van der Waals surface area contributed by atoms with E-state index in [0.29, 0.717) is 5.89 Å². The molecule has 12 rings (SSSR count). The molecule has 7 heteroatoms. The van der Waals surface area contributed by atoms with Crippen LogP contribution in [0.5, 0.6) is 0 Å². The molecule has 1 N–H and O–H groups in total. The van der Waals surface area contributed by atoms with Gasteiger partial charge in [-0.15, -0.1) is 0 Å². The average molecular weight is 761 g/mol. The van der Waals surface area contributed by atoms with Crippen LogP contribution in [0, 0.1) is 6.92 Å². The predicted octanol–water partition coefficient (Wildman–Crippen LogP) is 11.6. The van der Waals surface area contributed by atoms with Crippen LogP contribution in [0.4, 0.5) is 17.1 Å². The van der Waals surface area contributed by atoms with E-state index in [9.17, 15) is 0 Å². The Morgan fingerprint density at radius 3 is 2.17 bits per heavy atom. The van der Waals surface area contributed by atoms with Gasteiger partial charge in [0.15, 0.2) is 12.9 Å². The van der Waals surface area contributed by atoms with Crippen LogP contribution in [-0.4, -0.2) is 30.9 Å². The number of para-hydroxylation sites is 1. The van der Waals surface area contributed by atoms with E-state index in [-0.39, 0.29) is 0 Å². The van der Waals surface area contributed by atoms with Crippen molar-refractivity contribution in [1.82, 2.24) is 9.55 Å². The minimum atomic E-state index is 0.627. The van der Waals surface area contributed by atoms with Gasteiger partial charge in [0.05, 0.1) is 11.2 Å². The molecule has 1 aliphatic heterocycles. The predicted molar refractivity (Wildman–Crippen MR) is 247 cm³/mol. The Bertz CT molecular complexity index is 3470. The largest absolute Gasteiger partial charge is 0.456 e. The van der Waals surface area contributed by atoms with Crippen LogP contribution in [0.3, 0.4) is 0 Å². The van der Waals surface area contributed by atoms with Crippen molar-refractivity contribution >= 4 is 90.1 Å². The number of nitrogens with zero attached hydrogens (tertiary/aromatic N) is 3. The molecular formula is C52H37BN4O2. The number of rotatable bonds is 6. The molecule has 6 nitrogen and oxygen atoms in total. The summed E-state index contributed by atoms with van der Waals surface area (Å²) in [4.78, 5) is 7.15. The standard InChI is InChI=1S/C52H37BN4O2/c1-30-24-39(37-26-38-36-16-10-11-17-46(36)58-47(38)29-42(37)54-34-19-21-35(22-20-34)56(2)3)50-51-49(30)40-25-33(31-12-6-4-7-13-31)18-23-44(40)57(51)45-28-43-48(27-41(45)53-50)59-52(55-43)32-14-8-5-9-15-32/h4-29,53-54H,1-3H3. The molecule has 8 aromatic carbocycles. The first-order chi connectivity index (χ1) is 28.9. The number of aryl methyl sites for hydroxylation is 1. The van der Waals surface area contributed by atoms with Gasteiger partial charge < -0.3 is 23.6 Å². The summed E-state index contributed by atoms with van der Waals surface area (Å²) in [6.45, 7) is 2.27. The molecule has 0 atom stereocenters. The third kappa shape index (κ3) is 5.24. The van der Waals surface area contributed by atoms with Crippen molar-refractivity contribution in [3.63, 3.8) is 0 Å². The first kappa shape index (κ1) is 33.6. The molecule has 59 heavy (non-hydrogen) atoms. The normalized spacial score (nSPS) is 12.1. The summed E-state index contributed by atoms with van der Waals surface area (Å²) < 4.78 is 15.5. The van der Waals surface area contributed by atoms with E-state index in [0.717, 1.165) is 74.2 Å². The Morgan fingerprint density at radius 2 is 1.37 bits per heavy atom. The molecule has 0 fully saturated rings. The molecular weight excluding hydrogens is 723 g/mol. The van der Waals surface area contributed by atoms with Gasteiger partial charge in [-0.3, -0.25) is 0 Å². The highest BCUT2D eigenvalue weighted by molar-refractivity contribution is 6.73. The second-order valence-corrected chi connectivity index (χ2v) is 15.9. The highest BCUT2D eigenvalue weighted by Crippen LogP contribution is 2.43. The Labute approximate surface area is 341 Å². The monoisotopic (exact) mass is 760 g/mol. The molecule has 1 aliphatic rings. The number of hydrogen-bond acceptors (Lipinski definition) is 5. The molecule has 0 saturated carbocycles. The molecule has 0 aliphatic carbocycles. The zero-order chi connectivity index (χ0) is 39.4. The fourth-order valence-electron chi connectivity index (χ4n) is 9.30. The Hall–Kier alpha value is -7.51. The Kier molecular flexibility index (Phi) is 7.27. The smallest absolute Gasteiger partial charge is 0.227 e. The molecule has 0 saturated heterocycles. The lowest BCUT2D eigenvalue weighted by Gasteiger charge is -2.24. The molecule has 0 unspecified atom stereocenters. The van der Waals surface area contributed by atoms with Gasteiger partial charge in [0, 0.05) is 75.4 Å². The highest BCUT2D eigenvalue weighted by Gasteiger charge is 2.29. The van der Waals surface area contributed by atoms with Crippen LogP contribution in [0.25, 0.3) is 94.2 Å². The van der Waals surface area contributed by atoms with Gasteiger partial charge >= 0.3 is 0 Å². The zero-order valence-corrected chi connectivity index (χ0v) is 32.9. The van der Waals surface area contributed by atoms with Crippen molar-refractivity contribution in [2.75, 3.05) is 24.3 Å². The summed E-state index contributed by atoms with van der Waals surface area (Å²) in [6.07, 6.45) is 0. The summed E-state index contributed by atoms with van der Waals surface area (Å²) in [5.74, 6) is 0.627. The first-order valence-electron chi connectivity index (χ1n) is 20.1. The Morgan fingerprint density at radius 1 is 0.610 bits per heavy atom. The van der Waals surface area contributed by atoms with E-state index < -0.39 is 0 Å². The highest BCUT2D eigenvalue weighted by atomic mass is 16.3. The number of nitrogens with one attached hydrogen (secondary N) is 1. The maximum absolute atomic E-state index is 6.49. The summed E-state index contributed by atoms with van der Waals surface area (Å²) in [5, 5.41) is 8.54. The van der Waals surface area contributed by atoms with E-state index in [4.69, 9.17) is 13.8 Å². The quantitative estimate of drug-likeness (QED) is 0.171. The van der Waals surface area contributed by atoms with Gasteiger partial charge in [0.25, 0.3) is 0 Å². The molecule has 0 amide bonds. The molecule has 0 spiro atoms. The van der Waals surface area contributed by atoms with Crippen molar-refractivity contribution in [2.24, 2.45) is 0 Å².